The number of nitrogens with zero attached hydrogens (tertiary/aromatic N) is 3. The van der Waals surface area contributed by atoms with Gasteiger partial charge in [0.25, 0.3) is 5.91 Å². The lowest BCUT2D eigenvalue weighted by atomic mass is 9.99. The summed E-state index contributed by atoms with van der Waals surface area (Å²) in [5.41, 5.74) is 3.70. The standard InChI is InChI=1S/C16H17Cl3N4O/c1-9-5-13(15(24)21-20-8-16(2,3)4)22-23(9)14-11(18)6-10(17)7-12(14)19/h5-8H,1-4H3,(H,21,24)/b20-8+. The molecule has 8 heteroatoms. The van der Waals surface area contributed by atoms with Crippen molar-refractivity contribution in [2.45, 2.75) is 27.7 Å². The van der Waals surface area contributed by atoms with Crippen LogP contribution in [0.15, 0.2) is 23.3 Å². The highest BCUT2D eigenvalue weighted by Crippen LogP contribution is 2.32. The second-order valence-corrected chi connectivity index (χ2v) is 7.62. The summed E-state index contributed by atoms with van der Waals surface area (Å²) in [7, 11) is 0. The van der Waals surface area contributed by atoms with Crippen molar-refractivity contribution >= 4 is 46.9 Å². The number of aryl methyl sites for hydroxylation is 1. The van der Waals surface area contributed by atoms with Crippen LogP contribution in [0.5, 0.6) is 0 Å². The average molecular weight is 388 g/mol. The van der Waals surface area contributed by atoms with E-state index in [1.165, 1.54) is 4.68 Å². The lowest BCUT2D eigenvalue weighted by Gasteiger charge is -2.10. The van der Waals surface area contributed by atoms with E-state index in [9.17, 15) is 4.79 Å². The van der Waals surface area contributed by atoms with Gasteiger partial charge in [-0.15, -0.1) is 0 Å². The van der Waals surface area contributed by atoms with Crippen LogP contribution in [-0.4, -0.2) is 21.9 Å². The van der Waals surface area contributed by atoms with Crippen LogP contribution in [0.4, 0.5) is 0 Å². The topological polar surface area (TPSA) is 59.3 Å². The maximum absolute atomic E-state index is 12.2. The predicted octanol–water partition coefficient (Wildman–Crippen LogP) is 4.90. The van der Waals surface area contributed by atoms with Crippen LogP contribution in [0, 0.1) is 12.3 Å². The number of amides is 1. The molecular weight excluding hydrogens is 371 g/mol. The van der Waals surface area contributed by atoms with Crippen molar-refractivity contribution in [3.8, 4) is 5.69 Å². The maximum Gasteiger partial charge on any atom is 0.291 e. The van der Waals surface area contributed by atoms with Crippen molar-refractivity contribution in [3.05, 3.63) is 44.7 Å². The van der Waals surface area contributed by atoms with Crippen molar-refractivity contribution in [1.82, 2.24) is 15.2 Å². The third kappa shape index (κ3) is 4.50. The van der Waals surface area contributed by atoms with E-state index < -0.39 is 5.91 Å². The molecule has 0 saturated carbocycles. The molecule has 0 radical (unpaired) electrons. The molecule has 0 spiro atoms. The molecule has 1 aromatic carbocycles. The normalized spacial score (nSPS) is 12.0. The predicted molar refractivity (Wildman–Crippen MR) is 98.7 cm³/mol. The van der Waals surface area contributed by atoms with E-state index in [0.717, 1.165) is 0 Å². The number of hydrogen-bond acceptors (Lipinski definition) is 3. The van der Waals surface area contributed by atoms with E-state index >= 15 is 0 Å². The molecule has 1 aromatic heterocycles. The minimum atomic E-state index is -0.418. The fourth-order valence-electron chi connectivity index (χ4n) is 1.89. The minimum Gasteiger partial charge on any atom is -0.265 e. The van der Waals surface area contributed by atoms with Crippen LogP contribution < -0.4 is 5.43 Å². The zero-order valence-corrected chi connectivity index (χ0v) is 16.0. The number of benzene rings is 1. The Morgan fingerprint density at radius 2 is 1.79 bits per heavy atom. The van der Waals surface area contributed by atoms with E-state index in [2.05, 4.69) is 15.6 Å². The van der Waals surface area contributed by atoms with E-state index in [1.54, 1.807) is 31.3 Å². The first-order valence-electron chi connectivity index (χ1n) is 7.14. The monoisotopic (exact) mass is 386 g/mol. The quantitative estimate of drug-likeness (QED) is 0.601. The summed E-state index contributed by atoms with van der Waals surface area (Å²) >= 11 is 18.3. The van der Waals surface area contributed by atoms with E-state index in [4.69, 9.17) is 34.8 Å². The Kier molecular flexibility index (Phi) is 5.58. The highest BCUT2D eigenvalue weighted by Gasteiger charge is 2.17. The molecule has 24 heavy (non-hydrogen) atoms. The first kappa shape index (κ1) is 18.8. The van der Waals surface area contributed by atoms with E-state index in [1.807, 2.05) is 20.8 Å². The van der Waals surface area contributed by atoms with Gasteiger partial charge in [0.15, 0.2) is 5.69 Å². The number of carbonyl (C=O) groups is 1. The average Bonchev–Trinajstić information content (AvgIpc) is 2.78. The van der Waals surface area contributed by atoms with E-state index in [-0.39, 0.29) is 11.1 Å². The van der Waals surface area contributed by atoms with Gasteiger partial charge >= 0.3 is 0 Å². The van der Waals surface area contributed by atoms with Crippen LogP contribution in [0.25, 0.3) is 5.69 Å². The van der Waals surface area contributed by atoms with Crippen LogP contribution in [0.3, 0.4) is 0 Å². The van der Waals surface area contributed by atoms with Crippen LogP contribution in [0.2, 0.25) is 15.1 Å². The summed E-state index contributed by atoms with van der Waals surface area (Å²) in [5, 5.41) is 9.31. The Bertz CT molecular complexity index is 783. The first-order valence-corrected chi connectivity index (χ1v) is 8.28. The summed E-state index contributed by atoms with van der Waals surface area (Å²) in [6, 6.07) is 4.76. The maximum atomic E-state index is 12.2. The zero-order valence-electron chi connectivity index (χ0n) is 13.7. The van der Waals surface area contributed by atoms with Gasteiger partial charge in [-0.2, -0.15) is 10.2 Å². The smallest absolute Gasteiger partial charge is 0.265 e. The Morgan fingerprint density at radius 3 is 2.33 bits per heavy atom. The molecule has 5 nitrogen and oxygen atoms in total. The highest BCUT2D eigenvalue weighted by atomic mass is 35.5. The third-order valence-electron chi connectivity index (χ3n) is 2.93. The largest absolute Gasteiger partial charge is 0.291 e. The number of carbonyl (C=O) groups excluding carboxylic acids is 1. The van der Waals surface area contributed by atoms with Crippen LogP contribution >= 0.6 is 34.8 Å². The molecule has 0 aliphatic rings. The molecule has 1 amide bonds. The Balaban J connectivity index is 2.31. The SMILES string of the molecule is Cc1cc(C(=O)N/N=C/C(C)(C)C)nn1-c1c(Cl)cc(Cl)cc1Cl. The lowest BCUT2D eigenvalue weighted by Crippen LogP contribution is -2.20. The van der Waals surface area contributed by atoms with Gasteiger partial charge in [0.05, 0.1) is 10.0 Å². The molecule has 1 N–H and O–H groups in total. The van der Waals surface area contributed by atoms with E-state index in [0.29, 0.717) is 26.4 Å². The number of halogens is 3. The summed E-state index contributed by atoms with van der Waals surface area (Å²) in [4.78, 5) is 12.2. The Labute approximate surface area is 155 Å². The van der Waals surface area contributed by atoms with Crippen LogP contribution in [0.1, 0.15) is 37.0 Å². The molecular formula is C16H17Cl3N4O. The van der Waals surface area contributed by atoms with Gasteiger partial charge in [-0.1, -0.05) is 55.6 Å². The summed E-state index contributed by atoms with van der Waals surface area (Å²) in [5.74, 6) is -0.418. The van der Waals surface area contributed by atoms with Crippen molar-refractivity contribution in [2.75, 3.05) is 0 Å². The molecule has 0 aliphatic carbocycles. The molecule has 2 rings (SSSR count). The molecule has 1 heterocycles. The zero-order chi connectivity index (χ0) is 18.1. The van der Waals surface area contributed by atoms with Crippen molar-refractivity contribution < 1.29 is 4.79 Å². The molecule has 0 bridgehead atoms. The summed E-state index contributed by atoms with van der Waals surface area (Å²) < 4.78 is 1.50. The molecule has 0 saturated heterocycles. The van der Waals surface area contributed by atoms with Crippen LogP contribution in [-0.2, 0) is 0 Å². The van der Waals surface area contributed by atoms with Gasteiger partial charge in [-0.25, -0.2) is 10.1 Å². The fraction of sp³-hybridized carbons (Fsp3) is 0.312. The molecule has 0 unspecified atom stereocenters. The molecule has 2 aromatic rings. The number of hydrogen-bond donors (Lipinski definition) is 1. The highest BCUT2D eigenvalue weighted by molar-refractivity contribution is 6.40. The number of rotatable bonds is 3. The Morgan fingerprint density at radius 1 is 1.21 bits per heavy atom. The van der Waals surface area contributed by atoms with Gasteiger partial charge in [0, 0.05) is 16.9 Å². The van der Waals surface area contributed by atoms with Gasteiger partial charge in [-0.05, 0) is 30.5 Å². The molecule has 0 atom stereocenters. The van der Waals surface area contributed by atoms with Gasteiger partial charge in [-0.3, -0.25) is 4.79 Å². The molecule has 0 fully saturated rings. The first-order chi connectivity index (χ1) is 11.1. The second-order valence-electron chi connectivity index (χ2n) is 6.37. The second kappa shape index (κ2) is 7.13. The third-order valence-corrected chi connectivity index (χ3v) is 3.73. The fourth-order valence-corrected chi connectivity index (χ4v) is 2.87. The molecule has 0 aliphatic heterocycles. The number of aromatic nitrogens is 2. The van der Waals surface area contributed by atoms with Gasteiger partial charge < -0.3 is 0 Å². The summed E-state index contributed by atoms with van der Waals surface area (Å²) in [6.45, 7) is 7.73. The van der Waals surface area contributed by atoms with Crippen molar-refractivity contribution in [3.63, 3.8) is 0 Å². The van der Waals surface area contributed by atoms with Crippen molar-refractivity contribution in [1.29, 1.82) is 0 Å². The lowest BCUT2D eigenvalue weighted by molar-refractivity contribution is 0.0949. The van der Waals surface area contributed by atoms with Gasteiger partial charge in [0.2, 0.25) is 0 Å². The van der Waals surface area contributed by atoms with Gasteiger partial charge in [0.1, 0.15) is 5.69 Å². The minimum absolute atomic E-state index is 0.132. The van der Waals surface area contributed by atoms with Crippen molar-refractivity contribution in [2.24, 2.45) is 10.5 Å². The Hall–Kier alpha value is -1.56. The summed E-state index contributed by atoms with van der Waals surface area (Å²) in [6.07, 6.45) is 1.65. The number of hydrazone groups is 1. The number of nitrogens with one attached hydrogen (secondary N) is 1. The molecule has 128 valence electrons.